The molecule has 1 heterocycles. The molecule has 0 aliphatic heterocycles. The number of sulfonamides is 1. The van der Waals surface area contributed by atoms with Gasteiger partial charge in [0.25, 0.3) is 10.0 Å². The largest absolute Gasteiger partial charge is 0.328 e. The van der Waals surface area contributed by atoms with E-state index in [1.165, 1.54) is 21.3 Å². The van der Waals surface area contributed by atoms with Crippen LogP contribution < -0.4 is 10.4 Å². The van der Waals surface area contributed by atoms with Crippen molar-refractivity contribution in [1.29, 1.82) is 0 Å². The molecule has 3 aromatic rings. The smallest absolute Gasteiger partial charge is 0.295 e. The van der Waals surface area contributed by atoms with Crippen molar-refractivity contribution in [2.45, 2.75) is 24.7 Å². The second kappa shape index (κ2) is 6.07. The van der Waals surface area contributed by atoms with E-state index in [0.717, 1.165) is 5.56 Å². The molecule has 25 heavy (non-hydrogen) atoms. The molecule has 0 unspecified atom stereocenters. The van der Waals surface area contributed by atoms with Crippen LogP contribution in [0.4, 0.5) is 5.69 Å². The van der Waals surface area contributed by atoms with Crippen molar-refractivity contribution in [3.05, 3.63) is 58.5 Å². The quantitative estimate of drug-likeness (QED) is 0.778. The molecular formula is C18H21N3O3S. The lowest BCUT2D eigenvalue weighted by atomic mass is 10.0. The van der Waals surface area contributed by atoms with Crippen LogP contribution in [0.3, 0.4) is 0 Å². The van der Waals surface area contributed by atoms with Crippen LogP contribution in [-0.4, -0.2) is 17.6 Å². The lowest BCUT2D eigenvalue weighted by molar-refractivity contribution is 0.601. The van der Waals surface area contributed by atoms with Gasteiger partial charge in [0.15, 0.2) is 0 Å². The molecule has 132 valence electrons. The number of aromatic nitrogens is 2. The molecule has 7 heteroatoms. The SMILES string of the molecule is CC(C)c1ccc(NS(=O)(=O)c2ccc3c(c2)n(C)c(=O)n3C)cc1. The molecular weight excluding hydrogens is 338 g/mol. The highest BCUT2D eigenvalue weighted by Crippen LogP contribution is 2.22. The molecule has 0 amide bonds. The zero-order chi connectivity index (χ0) is 18.4. The topological polar surface area (TPSA) is 73.1 Å². The van der Waals surface area contributed by atoms with Crippen molar-refractivity contribution in [2.75, 3.05) is 4.72 Å². The molecule has 6 nitrogen and oxygen atoms in total. The van der Waals surface area contributed by atoms with Gasteiger partial charge in [0.05, 0.1) is 15.9 Å². The van der Waals surface area contributed by atoms with Crippen LogP contribution in [0.5, 0.6) is 0 Å². The number of hydrogen-bond donors (Lipinski definition) is 1. The number of hydrogen-bond acceptors (Lipinski definition) is 3. The average molecular weight is 359 g/mol. The minimum atomic E-state index is -3.73. The Morgan fingerprint density at radius 2 is 1.52 bits per heavy atom. The van der Waals surface area contributed by atoms with Crippen molar-refractivity contribution < 1.29 is 8.42 Å². The fraction of sp³-hybridized carbons (Fsp3) is 0.278. The molecule has 0 bridgehead atoms. The lowest BCUT2D eigenvalue weighted by Crippen LogP contribution is -2.19. The Labute approximate surface area is 146 Å². The van der Waals surface area contributed by atoms with Crippen LogP contribution in [0.1, 0.15) is 25.3 Å². The van der Waals surface area contributed by atoms with Gasteiger partial charge in [-0.25, -0.2) is 13.2 Å². The Bertz CT molecular complexity index is 1090. The van der Waals surface area contributed by atoms with Gasteiger partial charge < -0.3 is 0 Å². The van der Waals surface area contributed by atoms with E-state index in [0.29, 0.717) is 22.6 Å². The third kappa shape index (κ3) is 3.07. The van der Waals surface area contributed by atoms with Crippen LogP contribution in [-0.2, 0) is 24.1 Å². The van der Waals surface area contributed by atoms with E-state index in [1.54, 1.807) is 32.3 Å². The third-order valence-corrected chi connectivity index (χ3v) is 5.76. The summed E-state index contributed by atoms with van der Waals surface area (Å²) in [7, 11) is -0.449. The molecule has 0 spiro atoms. The van der Waals surface area contributed by atoms with Crippen LogP contribution in [0.25, 0.3) is 11.0 Å². The summed E-state index contributed by atoms with van der Waals surface area (Å²) < 4.78 is 30.8. The summed E-state index contributed by atoms with van der Waals surface area (Å²) >= 11 is 0. The Balaban J connectivity index is 1.98. The number of imidazole rings is 1. The summed E-state index contributed by atoms with van der Waals surface area (Å²) in [6.45, 7) is 4.16. The highest BCUT2D eigenvalue weighted by atomic mass is 32.2. The Morgan fingerprint density at radius 1 is 0.920 bits per heavy atom. The highest BCUT2D eigenvalue weighted by Gasteiger charge is 2.17. The number of fused-ring (bicyclic) bond motifs is 1. The standard InChI is InChI=1S/C18H21N3O3S/c1-12(2)13-5-7-14(8-6-13)19-25(23,24)15-9-10-16-17(11-15)21(4)18(22)20(16)3/h5-12,19H,1-4H3. The molecule has 0 atom stereocenters. The number of benzene rings is 2. The minimum absolute atomic E-state index is 0.120. The average Bonchev–Trinajstić information content (AvgIpc) is 2.79. The van der Waals surface area contributed by atoms with E-state index < -0.39 is 10.0 Å². The number of nitrogens with one attached hydrogen (secondary N) is 1. The lowest BCUT2D eigenvalue weighted by Gasteiger charge is -2.10. The zero-order valence-electron chi connectivity index (χ0n) is 14.6. The zero-order valence-corrected chi connectivity index (χ0v) is 15.5. The van der Waals surface area contributed by atoms with E-state index in [-0.39, 0.29) is 10.6 Å². The molecule has 0 fully saturated rings. The molecule has 1 N–H and O–H groups in total. The molecule has 2 aromatic carbocycles. The predicted octanol–water partition coefficient (Wildman–Crippen LogP) is 2.80. The first-order valence-electron chi connectivity index (χ1n) is 7.99. The van der Waals surface area contributed by atoms with Crippen LogP contribution >= 0.6 is 0 Å². The van der Waals surface area contributed by atoms with Gasteiger partial charge in [-0.05, 0) is 41.8 Å². The molecule has 0 radical (unpaired) electrons. The third-order valence-electron chi connectivity index (χ3n) is 4.38. The summed E-state index contributed by atoms with van der Waals surface area (Å²) in [6.07, 6.45) is 0. The first-order valence-corrected chi connectivity index (χ1v) is 9.47. The number of anilines is 1. The summed E-state index contributed by atoms with van der Waals surface area (Å²) in [6, 6.07) is 12.0. The van der Waals surface area contributed by atoms with Crippen LogP contribution in [0.15, 0.2) is 52.2 Å². The van der Waals surface area contributed by atoms with Gasteiger partial charge in [0.1, 0.15) is 0 Å². The van der Waals surface area contributed by atoms with Crippen molar-refractivity contribution in [1.82, 2.24) is 9.13 Å². The second-order valence-corrected chi connectivity index (χ2v) is 8.12. The molecule has 1 aromatic heterocycles. The number of rotatable bonds is 4. The summed E-state index contributed by atoms with van der Waals surface area (Å²) in [5.41, 5.74) is 2.72. The summed E-state index contributed by atoms with van der Waals surface area (Å²) in [5, 5.41) is 0. The maximum absolute atomic E-state index is 12.7. The van der Waals surface area contributed by atoms with Crippen LogP contribution in [0.2, 0.25) is 0 Å². The van der Waals surface area contributed by atoms with Gasteiger partial charge in [-0.3, -0.25) is 13.9 Å². The van der Waals surface area contributed by atoms with Gasteiger partial charge in [-0.2, -0.15) is 0 Å². The van der Waals surface area contributed by atoms with E-state index in [9.17, 15) is 13.2 Å². The van der Waals surface area contributed by atoms with E-state index in [4.69, 9.17) is 0 Å². The fourth-order valence-electron chi connectivity index (χ4n) is 2.80. The van der Waals surface area contributed by atoms with E-state index in [2.05, 4.69) is 18.6 Å². The van der Waals surface area contributed by atoms with Gasteiger partial charge >= 0.3 is 5.69 Å². The molecule has 0 saturated carbocycles. The van der Waals surface area contributed by atoms with Crippen molar-refractivity contribution in [2.24, 2.45) is 14.1 Å². The number of nitrogens with zero attached hydrogens (tertiary/aromatic N) is 2. The Morgan fingerprint density at radius 3 is 2.12 bits per heavy atom. The normalized spacial score (nSPS) is 12.0. The molecule has 0 saturated heterocycles. The van der Waals surface area contributed by atoms with E-state index >= 15 is 0 Å². The second-order valence-electron chi connectivity index (χ2n) is 6.43. The van der Waals surface area contributed by atoms with E-state index in [1.807, 2.05) is 12.1 Å². The summed E-state index contributed by atoms with van der Waals surface area (Å²) in [5.74, 6) is 0.382. The van der Waals surface area contributed by atoms with Gasteiger partial charge in [0, 0.05) is 19.8 Å². The maximum Gasteiger partial charge on any atom is 0.328 e. The van der Waals surface area contributed by atoms with Gasteiger partial charge in [-0.1, -0.05) is 26.0 Å². The van der Waals surface area contributed by atoms with Crippen LogP contribution in [0, 0.1) is 0 Å². The molecule has 0 aliphatic carbocycles. The maximum atomic E-state index is 12.7. The Kier molecular flexibility index (Phi) is 4.20. The highest BCUT2D eigenvalue weighted by molar-refractivity contribution is 7.92. The monoisotopic (exact) mass is 359 g/mol. The first-order chi connectivity index (χ1) is 11.7. The van der Waals surface area contributed by atoms with Crippen molar-refractivity contribution in [3.63, 3.8) is 0 Å². The van der Waals surface area contributed by atoms with Gasteiger partial charge in [0.2, 0.25) is 0 Å². The molecule has 0 aliphatic rings. The minimum Gasteiger partial charge on any atom is -0.295 e. The Hall–Kier alpha value is -2.54. The van der Waals surface area contributed by atoms with Crippen molar-refractivity contribution >= 4 is 26.7 Å². The fourth-order valence-corrected chi connectivity index (χ4v) is 3.88. The summed E-state index contributed by atoms with van der Waals surface area (Å²) in [4.78, 5) is 12.1. The first kappa shape index (κ1) is 17.3. The van der Waals surface area contributed by atoms with Gasteiger partial charge in [-0.15, -0.1) is 0 Å². The molecule has 3 rings (SSSR count). The van der Waals surface area contributed by atoms with Crippen molar-refractivity contribution in [3.8, 4) is 0 Å². The predicted molar refractivity (Wildman–Crippen MR) is 99.5 cm³/mol. The number of aryl methyl sites for hydroxylation is 2.